The molecule has 0 saturated carbocycles. The van der Waals surface area contributed by atoms with E-state index >= 15 is 0 Å². The highest BCUT2D eigenvalue weighted by Crippen LogP contribution is 2.51. The second kappa shape index (κ2) is 5.24. The molecule has 1 aromatic heterocycles. The Morgan fingerprint density at radius 3 is 2.38 bits per heavy atom. The normalized spacial score (nSPS) is 21.3. The van der Waals surface area contributed by atoms with E-state index in [0.717, 1.165) is 39.4 Å². The molecule has 2 aromatic rings. The Hall–Kier alpha value is -1.52. The lowest BCUT2D eigenvalue weighted by Gasteiger charge is -2.49. The van der Waals surface area contributed by atoms with Crippen LogP contribution in [0.15, 0.2) is 10.6 Å². The average Bonchev–Trinajstić information content (AvgIpc) is 2.79. The van der Waals surface area contributed by atoms with Gasteiger partial charge in [0.05, 0.1) is 22.4 Å². The molecular weight excluding hydrogens is 324 g/mol. The van der Waals surface area contributed by atoms with Gasteiger partial charge in [-0.05, 0) is 46.2 Å². The van der Waals surface area contributed by atoms with Crippen LogP contribution in [-0.2, 0) is 5.41 Å². The molecule has 0 aliphatic carbocycles. The summed E-state index contributed by atoms with van der Waals surface area (Å²) in [6.45, 7) is 14.0. The topological polar surface area (TPSA) is 58.3 Å². The lowest BCUT2D eigenvalue weighted by molar-refractivity contribution is 0.0434. The number of hydrogen-bond donors (Lipinski definition) is 2. The van der Waals surface area contributed by atoms with Gasteiger partial charge in [-0.25, -0.2) is 0 Å². The van der Waals surface area contributed by atoms with Crippen molar-refractivity contribution >= 4 is 17.3 Å². The Bertz CT molecular complexity index is 802. The summed E-state index contributed by atoms with van der Waals surface area (Å²) >= 11 is 6.86. The SMILES string of the molecule is Cc1cc(-c2c(C)noc2C)c(Cl)c2c1NC(C)(C)C(O)C2(C)C. The minimum Gasteiger partial charge on any atom is -0.390 e. The Labute approximate surface area is 148 Å². The molecule has 1 aromatic carbocycles. The van der Waals surface area contributed by atoms with Gasteiger partial charge in [0.2, 0.25) is 0 Å². The zero-order valence-corrected chi connectivity index (χ0v) is 16.1. The van der Waals surface area contributed by atoms with Crippen LogP contribution in [0.4, 0.5) is 5.69 Å². The Morgan fingerprint density at radius 1 is 1.21 bits per heavy atom. The molecule has 1 atom stereocenters. The fourth-order valence-corrected chi connectivity index (χ4v) is 4.53. The smallest absolute Gasteiger partial charge is 0.141 e. The van der Waals surface area contributed by atoms with E-state index in [2.05, 4.69) is 23.5 Å². The van der Waals surface area contributed by atoms with Gasteiger partial charge >= 0.3 is 0 Å². The average molecular weight is 349 g/mol. The number of hydrogen-bond acceptors (Lipinski definition) is 4. The van der Waals surface area contributed by atoms with Crippen molar-refractivity contribution in [3.05, 3.63) is 33.7 Å². The molecule has 1 aliphatic heterocycles. The lowest BCUT2D eigenvalue weighted by atomic mass is 9.67. The number of aryl methyl sites for hydroxylation is 3. The first-order valence-corrected chi connectivity index (χ1v) is 8.59. The summed E-state index contributed by atoms with van der Waals surface area (Å²) in [5.41, 5.74) is 4.79. The predicted octanol–water partition coefficient (Wildman–Crippen LogP) is 4.76. The van der Waals surface area contributed by atoms with Gasteiger partial charge < -0.3 is 14.9 Å². The van der Waals surface area contributed by atoms with E-state index in [0.29, 0.717) is 5.02 Å². The lowest BCUT2D eigenvalue weighted by Crippen LogP contribution is -2.57. The number of aromatic nitrogens is 1. The Morgan fingerprint density at radius 2 is 1.83 bits per heavy atom. The number of rotatable bonds is 1. The summed E-state index contributed by atoms with van der Waals surface area (Å²) < 4.78 is 5.32. The predicted molar refractivity (Wildman–Crippen MR) is 97.9 cm³/mol. The first kappa shape index (κ1) is 17.3. The van der Waals surface area contributed by atoms with Crippen LogP contribution < -0.4 is 5.32 Å². The maximum absolute atomic E-state index is 10.9. The van der Waals surface area contributed by atoms with Gasteiger partial charge in [0.1, 0.15) is 5.76 Å². The van der Waals surface area contributed by atoms with Crippen molar-refractivity contribution in [2.24, 2.45) is 0 Å². The summed E-state index contributed by atoms with van der Waals surface area (Å²) in [5, 5.41) is 19.1. The Kier molecular flexibility index (Phi) is 3.78. The van der Waals surface area contributed by atoms with Crippen LogP contribution in [0, 0.1) is 20.8 Å². The fraction of sp³-hybridized carbons (Fsp3) is 0.526. The number of nitrogens with one attached hydrogen (secondary N) is 1. The van der Waals surface area contributed by atoms with E-state index < -0.39 is 17.1 Å². The van der Waals surface area contributed by atoms with Crippen LogP contribution in [0.5, 0.6) is 0 Å². The van der Waals surface area contributed by atoms with E-state index in [1.165, 1.54) is 0 Å². The monoisotopic (exact) mass is 348 g/mol. The second-order valence-corrected chi connectivity index (χ2v) is 8.35. The summed E-state index contributed by atoms with van der Waals surface area (Å²) in [7, 11) is 0. The fourth-order valence-electron chi connectivity index (χ4n) is 4.04. The highest BCUT2D eigenvalue weighted by Gasteiger charge is 2.48. The minimum absolute atomic E-state index is 0.435. The van der Waals surface area contributed by atoms with Gasteiger partial charge in [-0.15, -0.1) is 0 Å². The summed E-state index contributed by atoms with van der Waals surface area (Å²) in [6.07, 6.45) is -0.575. The van der Waals surface area contributed by atoms with Crippen molar-refractivity contribution < 1.29 is 9.63 Å². The van der Waals surface area contributed by atoms with Gasteiger partial charge in [-0.1, -0.05) is 30.6 Å². The zero-order chi connectivity index (χ0) is 18.0. The number of anilines is 1. The molecule has 2 N–H and O–H groups in total. The number of halogens is 1. The molecule has 24 heavy (non-hydrogen) atoms. The van der Waals surface area contributed by atoms with Crippen LogP contribution in [0.3, 0.4) is 0 Å². The maximum Gasteiger partial charge on any atom is 0.141 e. The molecule has 3 rings (SSSR count). The molecule has 1 unspecified atom stereocenters. The largest absolute Gasteiger partial charge is 0.390 e. The number of nitrogens with zero attached hydrogens (tertiary/aromatic N) is 1. The molecule has 0 spiro atoms. The maximum atomic E-state index is 10.9. The quantitative estimate of drug-likeness (QED) is 0.779. The third-order valence-corrected chi connectivity index (χ3v) is 5.62. The summed E-state index contributed by atoms with van der Waals surface area (Å²) in [4.78, 5) is 0. The third-order valence-electron chi connectivity index (χ3n) is 5.22. The van der Waals surface area contributed by atoms with Crippen molar-refractivity contribution in [2.45, 2.75) is 65.5 Å². The Balaban J connectivity index is 2.35. The molecule has 0 bridgehead atoms. The van der Waals surface area contributed by atoms with Crippen LogP contribution in [0.25, 0.3) is 11.1 Å². The van der Waals surface area contributed by atoms with Crippen molar-refractivity contribution in [3.63, 3.8) is 0 Å². The molecule has 1 aliphatic rings. The van der Waals surface area contributed by atoms with Gasteiger partial charge in [0.25, 0.3) is 0 Å². The van der Waals surface area contributed by atoms with Crippen molar-refractivity contribution in [1.82, 2.24) is 5.16 Å². The highest BCUT2D eigenvalue weighted by atomic mass is 35.5. The molecular formula is C19H25ClN2O2. The molecule has 2 heterocycles. The summed E-state index contributed by atoms with van der Waals surface area (Å²) in [5.74, 6) is 0.746. The summed E-state index contributed by atoms with van der Waals surface area (Å²) in [6, 6.07) is 2.07. The minimum atomic E-state index is -0.575. The zero-order valence-electron chi connectivity index (χ0n) is 15.3. The molecule has 0 radical (unpaired) electrons. The van der Waals surface area contributed by atoms with Gasteiger partial charge in [0, 0.05) is 27.8 Å². The first-order valence-electron chi connectivity index (χ1n) is 8.21. The van der Waals surface area contributed by atoms with E-state index in [4.69, 9.17) is 16.1 Å². The van der Waals surface area contributed by atoms with Crippen molar-refractivity contribution in [3.8, 4) is 11.1 Å². The number of benzene rings is 1. The second-order valence-electron chi connectivity index (χ2n) is 7.98. The van der Waals surface area contributed by atoms with E-state index in [1.54, 1.807) is 0 Å². The van der Waals surface area contributed by atoms with Crippen LogP contribution >= 0.6 is 11.6 Å². The molecule has 5 heteroatoms. The highest BCUT2D eigenvalue weighted by molar-refractivity contribution is 6.35. The number of fused-ring (bicyclic) bond motifs is 1. The van der Waals surface area contributed by atoms with Crippen LogP contribution in [0.2, 0.25) is 5.02 Å². The van der Waals surface area contributed by atoms with Crippen molar-refractivity contribution in [1.29, 1.82) is 0 Å². The molecule has 130 valence electrons. The molecule has 0 fully saturated rings. The third kappa shape index (κ3) is 2.27. The van der Waals surface area contributed by atoms with E-state index in [-0.39, 0.29) is 0 Å². The molecule has 0 saturated heterocycles. The van der Waals surface area contributed by atoms with Gasteiger partial charge in [-0.2, -0.15) is 0 Å². The van der Waals surface area contributed by atoms with Crippen molar-refractivity contribution in [2.75, 3.05) is 5.32 Å². The molecule has 4 nitrogen and oxygen atoms in total. The van der Waals surface area contributed by atoms with E-state index in [9.17, 15) is 5.11 Å². The van der Waals surface area contributed by atoms with Gasteiger partial charge in [0.15, 0.2) is 0 Å². The van der Waals surface area contributed by atoms with Crippen LogP contribution in [-0.4, -0.2) is 21.9 Å². The molecule has 0 amide bonds. The number of aliphatic hydroxyl groups excluding tert-OH is 1. The number of aliphatic hydroxyl groups is 1. The van der Waals surface area contributed by atoms with E-state index in [1.807, 2.05) is 41.5 Å². The van der Waals surface area contributed by atoms with Gasteiger partial charge in [-0.3, -0.25) is 0 Å². The standard InChI is InChI=1S/C19H25ClN2O2/c1-9-8-12(13-10(2)22-24-11(13)3)15(20)14-16(9)21-19(6,7)17(23)18(14,4)5/h8,17,21,23H,1-7H3. The van der Waals surface area contributed by atoms with Crippen LogP contribution in [0.1, 0.15) is 50.3 Å². The first-order chi connectivity index (χ1) is 11.0.